The van der Waals surface area contributed by atoms with E-state index in [1.807, 2.05) is 0 Å². The number of hydrogen-bond donors (Lipinski definition) is 1. The van der Waals surface area contributed by atoms with Crippen LogP contribution in [0.3, 0.4) is 0 Å². The third kappa shape index (κ3) is 0.284. The van der Waals surface area contributed by atoms with E-state index in [9.17, 15) is 5.11 Å². The molecule has 1 spiro atoms. The zero-order valence-electron chi connectivity index (χ0n) is 5.25. The minimum Gasteiger partial charge on any atom is -0.392 e. The highest BCUT2D eigenvalue weighted by Gasteiger charge is 2.70. The van der Waals surface area contributed by atoms with Crippen LogP contribution >= 0.6 is 0 Å². The fraction of sp³-hybridized carbons (Fsp3) is 0.750. The van der Waals surface area contributed by atoms with E-state index in [2.05, 4.69) is 12.2 Å². The van der Waals surface area contributed by atoms with Crippen molar-refractivity contribution >= 4 is 0 Å². The minimum atomic E-state index is 0.0440. The molecule has 0 aromatic carbocycles. The third-order valence-corrected chi connectivity index (χ3v) is 3.47. The van der Waals surface area contributed by atoms with Crippen LogP contribution in [0.4, 0.5) is 0 Å². The van der Waals surface area contributed by atoms with Crippen molar-refractivity contribution in [3.63, 3.8) is 0 Å². The molecule has 0 heterocycles. The summed E-state index contributed by atoms with van der Waals surface area (Å²) in [6.45, 7) is 0. The van der Waals surface area contributed by atoms with Gasteiger partial charge in [-0.05, 0) is 24.7 Å². The first-order valence-corrected chi connectivity index (χ1v) is 3.70. The maximum absolute atomic E-state index is 9.38. The highest BCUT2D eigenvalue weighted by Crippen LogP contribution is 2.72. The molecule has 3 aliphatic carbocycles. The molecule has 9 heavy (non-hydrogen) atoms. The Hall–Kier alpha value is -0.300. The average molecular weight is 122 g/mol. The van der Waals surface area contributed by atoms with E-state index >= 15 is 0 Å². The molecular weight excluding hydrogens is 112 g/mol. The van der Waals surface area contributed by atoms with Crippen molar-refractivity contribution in [1.29, 1.82) is 0 Å². The summed E-state index contributed by atoms with van der Waals surface area (Å²) in [7, 11) is 0. The lowest BCUT2D eigenvalue weighted by molar-refractivity contribution is -0.0328. The molecule has 0 aliphatic heterocycles. The first kappa shape index (κ1) is 4.51. The van der Waals surface area contributed by atoms with Gasteiger partial charge in [-0.3, -0.25) is 0 Å². The zero-order valence-corrected chi connectivity index (χ0v) is 5.25. The molecule has 0 radical (unpaired) electrons. The maximum Gasteiger partial charge on any atom is 0.0613 e. The molecule has 1 N–H and O–H groups in total. The first-order valence-electron chi connectivity index (χ1n) is 3.70. The Morgan fingerprint density at radius 3 is 2.56 bits per heavy atom. The lowest BCUT2D eigenvalue weighted by Gasteiger charge is -2.39. The number of rotatable bonds is 0. The summed E-state index contributed by atoms with van der Waals surface area (Å²) in [4.78, 5) is 0. The molecule has 1 nitrogen and oxygen atoms in total. The monoisotopic (exact) mass is 122 g/mol. The van der Waals surface area contributed by atoms with Gasteiger partial charge in [0.2, 0.25) is 0 Å². The normalized spacial score (nSPS) is 66.6. The molecule has 0 saturated heterocycles. The van der Waals surface area contributed by atoms with Crippen molar-refractivity contribution < 1.29 is 5.11 Å². The van der Waals surface area contributed by atoms with Crippen LogP contribution in [0.25, 0.3) is 0 Å². The molecule has 48 valence electrons. The van der Waals surface area contributed by atoms with Gasteiger partial charge >= 0.3 is 0 Å². The number of aliphatic hydroxyl groups excluding tert-OH is 1. The predicted octanol–water partition coefficient (Wildman–Crippen LogP) is 0.943. The second-order valence-electron chi connectivity index (χ2n) is 3.67. The van der Waals surface area contributed by atoms with Crippen LogP contribution < -0.4 is 0 Å². The molecule has 0 bridgehead atoms. The Morgan fingerprint density at radius 1 is 1.33 bits per heavy atom. The Bertz CT molecular complexity index is 197. The molecule has 1 heteroatoms. The topological polar surface area (TPSA) is 20.2 Å². The van der Waals surface area contributed by atoms with Crippen molar-refractivity contribution in [1.82, 2.24) is 0 Å². The highest BCUT2D eigenvalue weighted by atomic mass is 16.3. The SMILES string of the molecule is O[C@H]1C[C@H]2C=C[C@@H]3CC231. The van der Waals surface area contributed by atoms with Crippen LogP contribution in [0.1, 0.15) is 12.8 Å². The molecular formula is C8H10O. The van der Waals surface area contributed by atoms with Gasteiger partial charge in [-0.2, -0.15) is 0 Å². The summed E-state index contributed by atoms with van der Waals surface area (Å²) >= 11 is 0. The van der Waals surface area contributed by atoms with Gasteiger partial charge in [-0.15, -0.1) is 0 Å². The third-order valence-electron chi connectivity index (χ3n) is 3.47. The Labute approximate surface area is 54.4 Å². The van der Waals surface area contributed by atoms with E-state index < -0.39 is 0 Å². The molecule has 0 aromatic rings. The van der Waals surface area contributed by atoms with Crippen LogP contribution in [0.15, 0.2) is 12.2 Å². The van der Waals surface area contributed by atoms with Gasteiger partial charge < -0.3 is 5.11 Å². The van der Waals surface area contributed by atoms with Gasteiger partial charge in [0, 0.05) is 5.41 Å². The summed E-state index contributed by atoms with van der Waals surface area (Å²) in [6, 6.07) is 0. The van der Waals surface area contributed by atoms with Crippen LogP contribution in [0.2, 0.25) is 0 Å². The van der Waals surface area contributed by atoms with Crippen LogP contribution in [0.5, 0.6) is 0 Å². The van der Waals surface area contributed by atoms with Crippen molar-refractivity contribution in [2.45, 2.75) is 18.9 Å². The molecule has 1 unspecified atom stereocenters. The zero-order chi connectivity index (χ0) is 6.06. The number of aliphatic hydroxyl groups is 1. The molecule has 2 saturated carbocycles. The Kier molecular flexibility index (Phi) is 0.495. The number of hydrogen-bond acceptors (Lipinski definition) is 1. The van der Waals surface area contributed by atoms with Gasteiger partial charge in [0.1, 0.15) is 0 Å². The predicted molar refractivity (Wildman–Crippen MR) is 33.8 cm³/mol. The number of allylic oxidation sites excluding steroid dienone is 2. The van der Waals surface area contributed by atoms with E-state index in [-0.39, 0.29) is 6.10 Å². The smallest absolute Gasteiger partial charge is 0.0613 e. The molecule has 3 rings (SSSR count). The highest BCUT2D eigenvalue weighted by molar-refractivity contribution is 5.32. The molecule has 0 aromatic heterocycles. The lowest BCUT2D eigenvalue weighted by atomic mass is 9.69. The van der Waals surface area contributed by atoms with Gasteiger partial charge in [0.15, 0.2) is 0 Å². The minimum absolute atomic E-state index is 0.0440. The lowest BCUT2D eigenvalue weighted by Crippen LogP contribution is -2.41. The Morgan fingerprint density at radius 2 is 2.11 bits per heavy atom. The maximum atomic E-state index is 9.38. The summed E-state index contributed by atoms with van der Waals surface area (Å²) in [5.74, 6) is 1.53. The van der Waals surface area contributed by atoms with Crippen LogP contribution in [-0.4, -0.2) is 11.2 Å². The first-order chi connectivity index (χ1) is 4.34. The van der Waals surface area contributed by atoms with Crippen molar-refractivity contribution in [3.05, 3.63) is 12.2 Å². The van der Waals surface area contributed by atoms with E-state index in [4.69, 9.17) is 0 Å². The standard InChI is InChI=1S/C8H10O/c9-7-3-5-1-2-6-4-8(5,6)7/h1-2,5-7,9H,3-4H2/t5-,6-,7+,8?/m1/s1. The van der Waals surface area contributed by atoms with E-state index in [0.29, 0.717) is 5.41 Å². The summed E-state index contributed by atoms with van der Waals surface area (Å²) in [5.41, 5.74) is 0.403. The van der Waals surface area contributed by atoms with E-state index in [1.54, 1.807) is 0 Å². The molecule has 0 amide bonds. The van der Waals surface area contributed by atoms with Crippen molar-refractivity contribution in [2.24, 2.45) is 17.3 Å². The fourth-order valence-corrected chi connectivity index (χ4v) is 2.67. The second kappa shape index (κ2) is 0.988. The second-order valence-corrected chi connectivity index (χ2v) is 3.67. The Balaban J connectivity index is 2.04. The summed E-state index contributed by atoms with van der Waals surface area (Å²) < 4.78 is 0. The van der Waals surface area contributed by atoms with Gasteiger partial charge in [-0.25, -0.2) is 0 Å². The summed E-state index contributed by atoms with van der Waals surface area (Å²) in [5, 5.41) is 9.38. The molecule has 4 atom stereocenters. The van der Waals surface area contributed by atoms with Crippen LogP contribution in [-0.2, 0) is 0 Å². The van der Waals surface area contributed by atoms with Gasteiger partial charge in [0.05, 0.1) is 6.10 Å². The van der Waals surface area contributed by atoms with E-state index in [0.717, 1.165) is 18.3 Å². The molecule has 2 fully saturated rings. The quantitative estimate of drug-likeness (QED) is 0.474. The largest absolute Gasteiger partial charge is 0.392 e. The van der Waals surface area contributed by atoms with Crippen molar-refractivity contribution in [3.8, 4) is 0 Å². The van der Waals surface area contributed by atoms with Gasteiger partial charge in [0.25, 0.3) is 0 Å². The van der Waals surface area contributed by atoms with Crippen molar-refractivity contribution in [2.75, 3.05) is 0 Å². The summed E-state index contributed by atoms with van der Waals surface area (Å²) in [6.07, 6.45) is 6.94. The van der Waals surface area contributed by atoms with Crippen LogP contribution in [0, 0.1) is 17.3 Å². The fourth-order valence-electron chi connectivity index (χ4n) is 2.67. The van der Waals surface area contributed by atoms with E-state index in [1.165, 1.54) is 6.42 Å². The molecule has 3 aliphatic rings. The van der Waals surface area contributed by atoms with Gasteiger partial charge in [-0.1, -0.05) is 12.2 Å². The average Bonchev–Trinajstić information content (AvgIpc) is 2.52.